The molecule has 158 valence electrons. The van der Waals surface area contributed by atoms with E-state index < -0.39 is 5.41 Å². The summed E-state index contributed by atoms with van der Waals surface area (Å²) in [7, 11) is 0. The molecule has 5 rings (SSSR count). The molecule has 1 atom stereocenters. The SMILES string of the molecule is O=C(N1CCCC1c1ccnc(-c2ccccc2)n1)C1(c2ccccc2)CCOCC1. The Bertz CT molecular complexity index is 1030. The fourth-order valence-corrected chi connectivity index (χ4v) is 4.98. The van der Waals surface area contributed by atoms with Gasteiger partial charge in [0.15, 0.2) is 5.82 Å². The van der Waals surface area contributed by atoms with Gasteiger partial charge in [-0.05, 0) is 37.3 Å². The molecule has 3 heterocycles. The van der Waals surface area contributed by atoms with E-state index >= 15 is 0 Å². The highest BCUT2D eigenvalue weighted by Crippen LogP contribution is 2.41. The predicted molar refractivity (Wildman–Crippen MR) is 119 cm³/mol. The molecule has 0 aliphatic carbocycles. The molecular formula is C26H27N3O2. The quantitative estimate of drug-likeness (QED) is 0.629. The molecule has 1 amide bonds. The van der Waals surface area contributed by atoms with Gasteiger partial charge in [-0.3, -0.25) is 4.79 Å². The molecule has 5 heteroatoms. The zero-order valence-electron chi connectivity index (χ0n) is 17.6. The number of carbonyl (C=O) groups excluding carboxylic acids is 1. The Morgan fingerprint density at radius 1 is 0.968 bits per heavy atom. The highest BCUT2D eigenvalue weighted by Gasteiger charge is 2.46. The normalized spacial score (nSPS) is 20.5. The minimum absolute atomic E-state index is 0.0126. The van der Waals surface area contributed by atoms with Gasteiger partial charge >= 0.3 is 0 Å². The third-order valence-corrected chi connectivity index (χ3v) is 6.65. The number of amides is 1. The summed E-state index contributed by atoms with van der Waals surface area (Å²) in [6.07, 6.45) is 5.17. The maximum atomic E-state index is 14.1. The van der Waals surface area contributed by atoms with Gasteiger partial charge in [-0.2, -0.15) is 0 Å². The lowest BCUT2D eigenvalue weighted by Crippen LogP contribution is -2.49. The number of ether oxygens (including phenoxy) is 1. The van der Waals surface area contributed by atoms with E-state index in [1.807, 2.05) is 60.8 Å². The summed E-state index contributed by atoms with van der Waals surface area (Å²) in [5.41, 5.74) is 2.50. The van der Waals surface area contributed by atoms with E-state index in [1.165, 1.54) is 0 Å². The molecule has 2 aromatic carbocycles. The Hall–Kier alpha value is -3.05. The average Bonchev–Trinajstić information content (AvgIpc) is 3.35. The van der Waals surface area contributed by atoms with Crippen molar-refractivity contribution < 1.29 is 9.53 Å². The first kappa shape index (κ1) is 19.9. The third-order valence-electron chi connectivity index (χ3n) is 6.65. The van der Waals surface area contributed by atoms with Crippen LogP contribution in [-0.4, -0.2) is 40.5 Å². The topological polar surface area (TPSA) is 55.3 Å². The zero-order valence-corrected chi connectivity index (χ0v) is 17.6. The molecular weight excluding hydrogens is 386 g/mol. The Morgan fingerprint density at radius 2 is 1.68 bits per heavy atom. The standard InChI is InChI=1S/C26H27N3O2/c30-25(26(14-18-31-19-15-26)21-10-5-2-6-11-21)29-17-7-12-23(29)22-13-16-27-24(28-22)20-8-3-1-4-9-20/h1-6,8-11,13,16,23H,7,12,14-15,17-19H2. The van der Waals surface area contributed by atoms with E-state index in [4.69, 9.17) is 9.72 Å². The number of benzene rings is 2. The van der Waals surface area contributed by atoms with Gasteiger partial charge in [-0.1, -0.05) is 60.7 Å². The molecule has 1 aromatic heterocycles. The lowest BCUT2D eigenvalue weighted by molar-refractivity contribution is -0.142. The van der Waals surface area contributed by atoms with E-state index in [9.17, 15) is 4.79 Å². The molecule has 0 bridgehead atoms. The fraction of sp³-hybridized carbons (Fsp3) is 0.346. The Labute approximate surface area is 183 Å². The van der Waals surface area contributed by atoms with Crippen molar-refractivity contribution in [3.63, 3.8) is 0 Å². The number of hydrogen-bond donors (Lipinski definition) is 0. The summed E-state index contributed by atoms with van der Waals surface area (Å²) in [5.74, 6) is 0.922. The van der Waals surface area contributed by atoms with Gasteiger partial charge in [-0.15, -0.1) is 0 Å². The van der Waals surface area contributed by atoms with Crippen LogP contribution in [0.4, 0.5) is 0 Å². The first-order chi connectivity index (χ1) is 15.3. The van der Waals surface area contributed by atoms with E-state index in [2.05, 4.69) is 22.0 Å². The molecule has 2 aliphatic heterocycles. The summed E-state index contributed by atoms with van der Waals surface area (Å²) < 4.78 is 5.64. The Kier molecular flexibility index (Phi) is 5.51. The monoisotopic (exact) mass is 413 g/mol. The van der Waals surface area contributed by atoms with E-state index in [1.54, 1.807) is 0 Å². The molecule has 0 saturated carbocycles. The highest BCUT2D eigenvalue weighted by molar-refractivity contribution is 5.89. The van der Waals surface area contributed by atoms with Gasteiger partial charge in [0.2, 0.25) is 5.91 Å². The first-order valence-corrected chi connectivity index (χ1v) is 11.1. The molecule has 1 unspecified atom stereocenters. The molecule has 5 nitrogen and oxygen atoms in total. The second-order valence-corrected chi connectivity index (χ2v) is 8.39. The molecule has 31 heavy (non-hydrogen) atoms. The number of likely N-dealkylation sites (tertiary alicyclic amines) is 1. The minimum Gasteiger partial charge on any atom is -0.381 e. The zero-order chi connectivity index (χ0) is 21.1. The number of hydrogen-bond acceptors (Lipinski definition) is 4. The van der Waals surface area contributed by atoms with Crippen LogP contribution in [0.5, 0.6) is 0 Å². The van der Waals surface area contributed by atoms with Gasteiger partial charge in [0.05, 0.1) is 17.2 Å². The van der Waals surface area contributed by atoms with Gasteiger partial charge in [0, 0.05) is 31.5 Å². The maximum Gasteiger partial charge on any atom is 0.233 e. The van der Waals surface area contributed by atoms with Crippen molar-refractivity contribution in [2.75, 3.05) is 19.8 Å². The van der Waals surface area contributed by atoms with Gasteiger partial charge in [0.1, 0.15) is 0 Å². The van der Waals surface area contributed by atoms with E-state index in [-0.39, 0.29) is 11.9 Å². The molecule has 0 N–H and O–H groups in total. The largest absolute Gasteiger partial charge is 0.381 e. The van der Waals surface area contributed by atoms with Crippen LogP contribution in [0.2, 0.25) is 0 Å². The molecule has 0 radical (unpaired) electrons. The van der Waals surface area contributed by atoms with Crippen molar-refractivity contribution in [2.24, 2.45) is 0 Å². The predicted octanol–water partition coefficient (Wildman–Crippen LogP) is 4.56. The summed E-state index contributed by atoms with van der Waals surface area (Å²) in [6, 6.07) is 22.2. The molecule has 3 aromatic rings. The van der Waals surface area contributed by atoms with Crippen LogP contribution in [0.15, 0.2) is 72.9 Å². The van der Waals surface area contributed by atoms with Crippen molar-refractivity contribution in [1.29, 1.82) is 0 Å². The second-order valence-electron chi connectivity index (χ2n) is 8.39. The number of carbonyl (C=O) groups is 1. The molecule has 2 saturated heterocycles. The van der Waals surface area contributed by atoms with Crippen LogP contribution in [0.1, 0.15) is 43.0 Å². The van der Waals surface area contributed by atoms with Gasteiger partial charge in [0.25, 0.3) is 0 Å². The first-order valence-electron chi connectivity index (χ1n) is 11.1. The average molecular weight is 414 g/mol. The third kappa shape index (κ3) is 3.74. The lowest BCUT2D eigenvalue weighted by Gasteiger charge is -2.40. The van der Waals surface area contributed by atoms with Crippen LogP contribution >= 0.6 is 0 Å². The number of rotatable bonds is 4. The lowest BCUT2D eigenvalue weighted by atomic mass is 9.73. The van der Waals surface area contributed by atoms with Crippen molar-refractivity contribution in [3.05, 3.63) is 84.2 Å². The van der Waals surface area contributed by atoms with Crippen LogP contribution in [0.25, 0.3) is 11.4 Å². The molecule has 2 aliphatic rings. The van der Waals surface area contributed by atoms with Crippen molar-refractivity contribution in [3.8, 4) is 11.4 Å². The number of nitrogens with zero attached hydrogens (tertiary/aromatic N) is 3. The van der Waals surface area contributed by atoms with Crippen LogP contribution in [0.3, 0.4) is 0 Å². The Balaban J connectivity index is 1.48. The summed E-state index contributed by atoms with van der Waals surface area (Å²) >= 11 is 0. The van der Waals surface area contributed by atoms with Crippen LogP contribution in [-0.2, 0) is 14.9 Å². The van der Waals surface area contributed by atoms with Crippen molar-refractivity contribution in [1.82, 2.24) is 14.9 Å². The smallest absolute Gasteiger partial charge is 0.233 e. The molecule has 2 fully saturated rings. The van der Waals surface area contributed by atoms with Gasteiger partial charge < -0.3 is 9.64 Å². The highest BCUT2D eigenvalue weighted by atomic mass is 16.5. The minimum atomic E-state index is -0.516. The summed E-state index contributed by atoms with van der Waals surface area (Å²) in [6.45, 7) is 2.00. The summed E-state index contributed by atoms with van der Waals surface area (Å²) in [5, 5.41) is 0. The van der Waals surface area contributed by atoms with Crippen molar-refractivity contribution in [2.45, 2.75) is 37.1 Å². The van der Waals surface area contributed by atoms with Crippen molar-refractivity contribution >= 4 is 5.91 Å². The van der Waals surface area contributed by atoms with Gasteiger partial charge in [-0.25, -0.2) is 9.97 Å². The summed E-state index contributed by atoms with van der Waals surface area (Å²) in [4.78, 5) is 25.5. The Morgan fingerprint density at radius 3 is 2.42 bits per heavy atom. The second kappa shape index (κ2) is 8.60. The maximum absolute atomic E-state index is 14.1. The number of aromatic nitrogens is 2. The van der Waals surface area contributed by atoms with E-state index in [0.717, 1.165) is 49.0 Å². The van der Waals surface area contributed by atoms with Crippen LogP contribution < -0.4 is 0 Å². The van der Waals surface area contributed by atoms with E-state index in [0.29, 0.717) is 19.0 Å². The molecule has 0 spiro atoms. The fourth-order valence-electron chi connectivity index (χ4n) is 4.98. The van der Waals surface area contributed by atoms with Crippen LogP contribution in [0, 0.1) is 0 Å².